The normalized spacial score (nSPS) is 31.7. The molecule has 0 amide bonds. The Balaban J connectivity index is 2.26. The third-order valence-electron chi connectivity index (χ3n) is 3.42. The Morgan fingerprint density at radius 3 is 2.38 bits per heavy atom. The molecule has 0 bridgehead atoms. The maximum Gasteiger partial charge on any atom is 0.158 e. The van der Waals surface area contributed by atoms with Crippen molar-refractivity contribution in [3.05, 3.63) is 0 Å². The molecule has 3 nitrogen and oxygen atoms in total. The molecule has 0 aromatic carbocycles. The van der Waals surface area contributed by atoms with E-state index in [9.17, 15) is 8.42 Å². The lowest BCUT2D eigenvalue weighted by Crippen LogP contribution is -2.55. The van der Waals surface area contributed by atoms with Crippen molar-refractivity contribution < 1.29 is 8.42 Å². The van der Waals surface area contributed by atoms with Crippen molar-refractivity contribution in [2.75, 3.05) is 18.8 Å². The van der Waals surface area contributed by atoms with Crippen molar-refractivity contribution in [1.29, 1.82) is 0 Å². The molecule has 0 aromatic rings. The van der Waals surface area contributed by atoms with Gasteiger partial charge in [-0.1, -0.05) is 19.3 Å². The fourth-order valence-corrected chi connectivity index (χ4v) is 4.61. The van der Waals surface area contributed by atoms with Crippen LogP contribution in [0.5, 0.6) is 0 Å². The van der Waals surface area contributed by atoms with E-state index < -0.39 is 9.84 Å². The summed E-state index contributed by atoms with van der Waals surface area (Å²) in [7, 11) is -2.81. The molecule has 2 aliphatic rings. The molecule has 2 rings (SSSR count). The molecule has 0 unspecified atom stereocenters. The van der Waals surface area contributed by atoms with Crippen molar-refractivity contribution in [1.82, 2.24) is 5.32 Å². The summed E-state index contributed by atoms with van der Waals surface area (Å²) in [6.07, 6.45) is 5.13. The van der Waals surface area contributed by atoms with Gasteiger partial charge in [-0.2, -0.15) is 0 Å². The highest BCUT2D eigenvalue weighted by atomic mass is 32.2. The lowest BCUT2D eigenvalue weighted by molar-refractivity contribution is 0.348. The van der Waals surface area contributed by atoms with Gasteiger partial charge in [0.1, 0.15) is 0 Å². The lowest BCUT2D eigenvalue weighted by Gasteiger charge is -2.39. The van der Waals surface area contributed by atoms with Gasteiger partial charge in [-0.3, -0.25) is 0 Å². The minimum atomic E-state index is -2.81. The average Bonchev–Trinajstić information content (AvgIpc) is 2.12. The summed E-state index contributed by atoms with van der Waals surface area (Å²) in [6.45, 7) is 1.33. The first-order valence-electron chi connectivity index (χ1n) is 5.09. The molecule has 1 heterocycles. The molecule has 13 heavy (non-hydrogen) atoms. The molecule has 2 fully saturated rings. The molecule has 0 aromatic heterocycles. The minimum absolute atomic E-state index is 0.340. The first-order chi connectivity index (χ1) is 6.16. The van der Waals surface area contributed by atoms with Gasteiger partial charge < -0.3 is 5.32 Å². The van der Waals surface area contributed by atoms with Crippen LogP contribution in [0.15, 0.2) is 0 Å². The molecular weight excluding hydrogens is 186 g/mol. The second-order valence-corrected chi connectivity index (χ2v) is 6.74. The Hall–Kier alpha value is -0.0900. The highest BCUT2D eigenvalue weighted by Crippen LogP contribution is 2.36. The molecule has 1 N–H and O–H groups in total. The van der Waals surface area contributed by atoms with Crippen molar-refractivity contribution in [2.45, 2.75) is 36.9 Å². The monoisotopic (exact) mass is 203 g/mol. The number of hydrogen-bond donors (Lipinski definition) is 1. The largest absolute Gasteiger partial charge is 0.314 e. The van der Waals surface area contributed by atoms with Crippen LogP contribution in [0.2, 0.25) is 0 Å². The van der Waals surface area contributed by atoms with Gasteiger partial charge in [-0.15, -0.1) is 0 Å². The Labute approximate surface area is 79.8 Å². The zero-order valence-electron chi connectivity index (χ0n) is 7.88. The second kappa shape index (κ2) is 3.24. The highest BCUT2D eigenvalue weighted by molar-refractivity contribution is 7.92. The van der Waals surface area contributed by atoms with Crippen LogP contribution in [0.25, 0.3) is 0 Å². The summed E-state index contributed by atoms with van der Waals surface area (Å²) in [5, 5.41) is 3.22. The Morgan fingerprint density at radius 2 is 1.77 bits per heavy atom. The van der Waals surface area contributed by atoms with Gasteiger partial charge in [0, 0.05) is 13.1 Å². The number of rotatable bonds is 0. The molecule has 1 saturated heterocycles. The van der Waals surface area contributed by atoms with Crippen molar-refractivity contribution in [3.8, 4) is 0 Å². The van der Waals surface area contributed by atoms with E-state index in [0.717, 1.165) is 25.7 Å². The number of hydrogen-bond acceptors (Lipinski definition) is 3. The summed E-state index contributed by atoms with van der Waals surface area (Å²) >= 11 is 0. The third-order valence-corrected chi connectivity index (χ3v) is 6.03. The summed E-state index contributed by atoms with van der Waals surface area (Å²) in [5.41, 5.74) is 0. The number of sulfone groups is 1. The molecule has 1 spiro atoms. The van der Waals surface area contributed by atoms with Gasteiger partial charge in [0.25, 0.3) is 0 Å². The molecule has 0 atom stereocenters. The molecule has 1 aliphatic carbocycles. The molecule has 1 aliphatic heterocycles. The highest BCUT2D eigenvalue weighted by Gasteiger charge is 2.45. The predicted octanol–water partition coefficient (Wildman–Crippen LogP) is 0.707. The quantitative estimate of drug-likeness (QED) is 0.630. The fourth-order valence-electron chi connectivity index (χ4n) is 2.53. The van der Waals surface area contributed by atoms with Gasteiger partial charge >= 0.3 is 0 Å². The Kier molecular flexibility index (Phi) is 2.36. The van der Waals surface area contributed by atoms with E-state index in [2.05, 4.69) is 5.32 Å². The maximum atomic E-state index is 11.9. The molecule has 0 radical (unpaired) electrons. The average molecular weight is 203 g/mol. The molecule has 1 saturated carbocycles. The summed E-state index contributed by atoms with van der Waals surface area (Å²) < 4.78 is 23.5. The van der Waals surface area contributed by atoms with Crippen LogP contribution in [-0.4, -0.2) is 32.0 Å². The third kappa shape index (κ3) is 1.50. The Morgan fingerprint density at radius 1 is 1.08 bits per heavy atom. The van der Waals surface area contributed by atoms with E-state index in [0.29, 0.717) is 18.8 Å². The van der Waals surface area contributed by atoms with Crippen molar-refractivity contribution >= 4 is 9.84 Å². The first kappa shape index (κ1) is 9.46. The lowest BCUT2D eigenvalue weighted by atomic mass is 9.88. The van der Waals surface area contributed by atoms with Gasteiger partial charge in [0.15, 0.2) is 9.84 Å². The van der Waals surface area contributed by atoms with Crippen LogP contribution < -0.4 is 5.32 Å². The molecule has 76 valence electrons. The second-order valence-electron chi connectivity index (χ2n) is 4.24. The Bertz CT molecular complexity index is 270. The molecule has 4 heteroatoms. The topological polar surface area (TPSA) is 46.2 Å². The fraction of sp³-hybridized carbons (Fsp3) is 1.00. The standard InChI is InChI=1S/C9H17NO2S/c11-13(12)7-6-10-8-9(13)4-2-1-3-5-9/h10H,1-8H2. The van der Waals surface area contributed by atoms with E-state index in [4.69, 9.17) is 0 Å². The van der Waals surface area contributed by atoms with Crippen LogP contribution in [0.3, 0.4) is 0 Å². The van der Waals surface area contributed by atoms with Crippen molar-refractivity contribution in [3.63, 3.8) is 0 Å². The first-order valence-corrected chi connectivity index (χ1v) is 6.75. The SMILES string of the molecule is O=S1(=O)CCNCC12CCCCC2. The van der Waals surface area contributed by atoms with E-state index in [1.54, 1.807) is 0 Å². The zero-order valence-corrected chi connectivity index (χ0v) is 8.70. The van der Waals surface area contributed by atoms with Gasteiger partial charge in [-0.05, 0) is 12.8 Å². The van der Waals surface area contributed by atoms with E-state index in [-0.39, 0.29) is 4.75 Å². The van der Waals surface area contributed by atoms with E-state index >= 15 is 0 Å². The number of nitrogens with one attached hydrogen (secondary N) is 1. The van der Waals surface area contributed by atoms with Crippen LogP contribution in [-0.2, 0) is 9.84 Å². The minimum Gasteiger partial charge on any atom is -0.314 e. The van der Waals surface area contributed by atoms with Crippen LogP contribution in [0, 0.1) is 0 Å². The smallest absolute Gasteiger partial charge is 0.158 e. The van der Waals surface area contributed by atoms with E-state index in [1.165, 1.54) is 6.42 Å². The van der Waals surface area contributed by atoms with Gasteiger partial charge in [0.2, 0.25) is 0 Å². The van der Waals surface area contributed by atoms with Crippen LogP contribution in [0.4, 0.5) is 0 Å². The van der Waals surface area contributed by atoms with Crippen LogP contribution >= 0.6 is 0 Å². The molecular formula is C9H17NO2S. The summed E-state index contributed by atoms with van der Waals surface area (Å²) in [6, 6.07) is 0. The van der Waals surface area contributed by atoms with E-state index in [1.807, 2.05) is 0 Å². The maximum absolute atomic E-state index is 11.9. The van der Waals surface area contributed by atoms with Gasteiger partial charge in [-0.25, -0.2) is 8.42 Å². The summed E-state index contributed by atoms with van der Waals surface area (Å²) in [5.74, 6) is 0.340. The predicted molar refractivity (Wildman–Crippen MR) is 52.5 cm³/mol. The van der Waals surface area contributed by atoms with Gasteiger partial charge in [0.05, 0.1) is 10.5 Å². The van der Waals surface area contributed by atoms with Crippen molar-refractivity contribution in [2.24, 2.45) is 0 Å². The summed E-state index contributed by atoms with van der Waals surface area (Å²) in [4.78, 5) is 0. The van der Waals surface area contributed by atoms with Crippen LogP contribution in [0.1, 0.15) is 32.1 Å². The zero-order chi connectivity index (χ0) is 9.36.